The quantitative estimate of drug-likeness (QED) is 0.497. The molecule has 2 aliphatic heterocycles. The minimum atomic E-state index is 0.419. The van der Waals surface area contributed by atoms with Crippen molar-refractivity contribution in [3.8, 4) is 0 Å². The van der Waals surface area contributed by atoms with E-state index in [4.69, 9.17) is 9.47 Å². The van der Waals surface area contributed by atoms with Crippen molar-refractivity contribution in [2.24, 2.45) is 5.92 Å². The lowest BCUT2D eigenvalue weighted by atomic mass is 9.85. The van der Waals surface area contributed by atoms with Crippen molar-refractivity contribution in [1.82, 2.24) is 10.2 Å². The summed E-state index contributed by atoms with van der Waals surface area (Å²) in [4.78, 5) is 2.48. The van der Waals surface area contributed by atoms with E-state index in [-0.39, 0.29) is 0 Å². The fourth-order valence-corrected chi connectivity index (χ4v) is 5.43. The van der Waals surface area contributed by atoms with Crippen LogP contribution in [0, 0.1) is 5.92 Å². The monoisotopic (exact) mass is 472 g/mol. The van der Waals surface area contributed by atoms with Crippen LogP contribution in [0.1, 0.15) is 51.4 Å². The number of fused-ring (bicyclic) bond motifs is 1. The van der Waals surface area contributed by atoms with Crippen molar-refractivity contribution in [2.75, 3.05) is 32.8 Å². The van der Waals surface area contributed by atoms with E-state index in [0.29, 0.717) is 18.1 Å². The summed E-state index contributed by atoms with van der Waals surface area (Å²) < 4.78 is 13.1. The Morgan fingerprint density at radius 3 is 2.65 bits per heavy atom. The zero-order chi connectivity index (χ0) is 17.8. The third kappa shape index (κ3) is 4.76. The smallest absolute Gasteiger partial charge is 0.103 e. The number of nitrogens with one attached hydrogen (secondary N) is 1. The molecule has 0 radical (unpaired) electrons. The summed E-state index contributed by atoms with van der Waals surface area (Å²) in [5.41, 5.74) is 1.35. The molecule has 2 saturated heterocycles. The predicted molar refractivity (Wildman–Crippen MR) is 113 cm³/mol. The molecule has 4 rings (SSSR count). The highest BCUT2D eigenvalue weighted by atomic mass is 127. The molecule has 2 heterocycles. The number of rotatable bonds is 3. The minimum absolute atomic E-state index is 0.419. The molecule has 1 saturated carbocycles. The van der Waals surface area contributed by atoms with Crippen LogP contribution in [0.15, 0.2) is 23.6 Å². The molecule has 4 aliphatic rings. The minimum Gasteiger partial charge on any atom is -0.494 e. The summed E-state index contributed by atoms with van der Waals surface area (Å²) in [6.07, 6.45) is 15.5. The average molecular weight is 472 g/mol. The van der Waals surface area contributed by atoms with Gasteiger partial charge in [-0.2, -0.15) is 0 Å². The number of hydrogen-bond acceptors (Lipinski definition) is 4. The molecular formula is C21H33IN2O2. The number of alkyl halides is 1. The molecule has 3 fully saturated rings. The highest BCUT2D eigenvalue weighted by molar-refractivity contribution is 14.1. The number of allylic oxidation sites excluding steroid dienone is 1. The van der Waals surface area contributed by atoms with Gasteiger partial charge in [0, 0.05) is 34.7 Å². The van der Waals surface area contributed by atoms with Gasteiger partial charge in [0.15, 0.2) is 0 Å². The van der Waals surface area contributed by atoms with Crippen LogP contribution in [-0.2, 0) is 9.47 Å². The Balaban J connectivity index is 1.52. The maximum atomic E-state index is 6.69. The Hall–Kier alpha value is -0.270. The summed E-state index contributed by atoms with van der Waals surface area (Å²) in [6.45, 7) is 4.78. The summed E-state index contributed by atoms with van der Waals surface area (Å²) >= 11 is 2.60. The first-order chi connectivity index (χ1) is 12.8. The average Bonchev–Trinajstić information content (AvgIpc) is 2.65. The second-order valence-corrected chi connectivity index (χ2v) is 9.93. The van der Waals surface area contributed by atoms with E-state index in [1.54, 1.807) is 0 Å². The molecule has 1 N–H and O–H groups in total. The van der Waals surface area contributed by atoms with Crippen LogP contribution in [0.2, 0.25) is 0 Å². The van der Waals surface area contributed by atoms with Gasteiger partial charge in [-0.1, -0.05) is 35.4 Å². The Morgan fingerprint density at radius 2 is 1.85 bits per heavy atom. The number of nitrogens with zero attached hydrogens (tertiary/aromatic N) is 1. The van der Waals surface area contributed by atoms with Crippen LogP contribution in [0.5, 0.6) is 0 Å². The fraction of sp³-hybridized carbons (Fsp3) is 0.810. The predicted octanol–water partition coefficient (Wildman–Crippen LogP) is 4.01. The molecule has 0 aromatic rings. The number of morpholine rings is 1. The van der Waals surface area contributed by atoms with Crippen LogP contribution in [0.4, 0.5) is 0 Å². The first-order valence-electron chi connectivity index (χ1n) is 10.6. The van der Waals surface area contributed by atoms with E-state index in [1.807, 2.05) is 0 Å². The summed E-state index contributed by atoms with van der Waals surface area (Å²) in [5, 5.41) is 3.81. The van der Waals surface area contributed by atoms with E-state index in [0.717, 1.165) is 36.8 Å². The van der Waals surface area contributed by atoms with E-state index >= 15 is 0 Å². The molecular weight excluding hydrogens is 439 g/mol. The lowest BCUT2D eigenvalue weighted by molar-refractivity contribution is 0.0462. The molecule has 2 unspecified atom stereocenters. The van der Waals surface area contributed by atoms with E-state index in [2.05, 4.69) is 45.0 Å². The topological polar surface area (TPSA) is 33.7 Å². The zero-order valence-corrected chi connectivity index (χ0v) is 18.0. The first-order valence-corrected chi connectivity index (χ1v) is 11.8. The maximum Gasteiger partial charge on any atom is 0.103 e. The Labute approximate surface area is 171 Å². The van der Waals surface area contributed by atoms with Crippen LogP contribution in [0.3, 0.4) is 0 Å². The standard InChI is InChI=1S/C21H33IN2O2/c22-16-5-7-18(8-6-16)26-21-15-17(24-10-12-25-13-11-24)14-20-19(21)4-2-1-3-9-23-20/h14-16,18-20,23H,1-13H2. The van der Waals surface area contributed by atoms with Gasteiger partial charge in [-0.25, -0.2) is 0 Å². The van der Waals surface area contributed by atoms with Gasteiger partial charge in [0.1, 0.15) is 5.76 Å². The Morgan fingerprint density at radius 1 is 1.04 bits per heavy atom. The van der Waals surface area contributed by atoms with Gasteiger partial charge in [-0.3, -0.25) is 0 Å². The molecule has 0 amide bonds. The van der Waals surface area contributed by atoms with E-state index < -0.39 is 0 Å². The Bertz CT molecular complexity index is 522. The lowest BCUT2D eigenvalue weighted by Crippen LogP contribution is -2.43. The zero-order valence-electron chi connectivity index (χ0n) is 15.8. The van der Waals surface area contributed by atoms with Gasteiger partial charge in [0.05, 0.1) is 19.3 Å². The van der Waals surface area contributed by atoms with Crippen LogP contribution in [-0.4, -0.2) is 53.8 Å². The third-order valence-corrected chi connectivity index (χ3v) is 7.54. The number of ether oxygens (including phenoxy) is 2. The lowest BCUT2D eigenvalue weighted by Gasteiger charge is -2.39. The van der Waals surface area contributed by atoms with Gasteiger partial charge in [-0.05, 0) is 57.2 Å². The maximum absolute atomic E-state index is 6.69. The van der Waals surface area contributed by atoms with Crippen molar-refractivity contribution in [3.05, 3.63) is 23.6 Å². The first kappa shape index (κ1) is 19.1. The van der Waals surface area contributed by atoms with E-state index in [1.165, 1.54) is 62.8 Å². The highest BCUT2D eigenvalue weighted by Crippen LogP contribution is 2.36. The SMILES string of the molecule is IC1CCC(OC2=CC(N3CCOCC3)=CC3NCCCCCC23)CC1. The fourth-order valence-electron chi connectivity index (χ4n) is 4.71. The van der Waals surface area contributed by atoms with Gasteiger partial charge >= 0.3 is 0 Å². The Kier molecular flexibility index (Phi) is 6.81. The second-order valence-electron chi connectivity index (χ2n) is 8.17. The molecule has 2 atom stereocenters. The molecule has 5 heteroatoms. The van der Waals surface area contributed by atoms with Gasteiger partial charge in [0.25, 0.3) is 0 Å². The molecule has 0 aromatic carbocycles. The van der Waals surface area contributed by atoms with Crippen molar-refractivity contribution in [3.63, 3.8) is 0 Å². The van der Waals surface area contributed by atoms with Crippen LogP contribution >= 0.6 is 22.6 Å². The van der Waals surface area contributed by atoms with Gasteiger partial charge in [-0.15, -0.1) is 0 Å². The molecule has 0 bridgehead atoms. The third-order valence-electron chi connectivity index (χ3n) is 6.29. The van der Waals surface area contributed by atoms with Crippen molar-refractivity contribution < 1.29 is 9.47 Å². The second kappa shape index (κ2) is 9.28. The van der Waals surface area contributed by atoms with Crippen molar-refractivity contribution in [2.45, 2.75) is 67.4 Å². The summed E-state index contributed by atoms with van der Waals surface area (Å²) in [7, 11) is 0. The summed E-state index contributed by atoms with van der Waals surface area (Å²) in [6, 6.07) is 0.425. The summed E-state index contributed by atoms with van der Waals surface area (Å²) in [5.74, 6) is 1.77. The van der Waals surface area contributed by atoms with E-state index in [9.17, 15) is 0 Å². The molecule has 0 spiro atoms. The van der Waals surface area contributed by atoms with Gasteiger partial charge < -0.3 is 19.7 Å². The largest absolute Gasteiger partial charge is 0.494 e. The van der Waals surface area contributed by atoms with Crippen LogP contribution in [0.25, 0.3) is 0 Å². The van der Waals surface area contributed by atoms with Gasteiger partial charge in [0.2, 0.25) is 0 Å². The molecule has 0 aromatic heterocycles. The van der Waals surface area contributed by atoms with Crippen molar-refractivity contribution >= 4 is 22.6 Å². The molecule has 146 valence electrons. The number of hydrogen-bond donors (Lipinski definition) is 1. The normalized spacial score (nSPS) is 36.3. The number of halogens is 1. The molecule has 26 heavy (non-hydrogen) atoms. The molecule has 2 aliphatic carbocycles. The highest BCUT2D eigenvalue weighted by Gasteiger charge is 2.33. The van der Waals surface area contributed by atoms with Crippen LogP contribution < -0.4 is 5.32 Å². The van der Waals surface area contributed by atoms with Crippen molar-refractivity contribution in [1.29, 1.82) is 0 Å². The molecule has 4 nitrogen and oxygen atoms in total.